The van der Waals surface area contributed by atoms with Gasteiger partial charge in [0.05, 0.1) is 18.2 Å². The van der Waals surface area contributed by atoms with Gasteiger partial charge < -0.3 is 14.7 Å². The molecule has 0 bridgehead atoms. The Morgan fingerprint density at radius 1 is 0.688 bits per heavy atom. The van der Waals surface area contributed by atoms with Crippen molar-refractivity contribution >= 4 is 16.7 Å². The van der Waals surface area contributed by atoms with Crippen LogP contribution in [0.1, 0.15) is 17.0 Å². The molecule has 0 fully saturated rings. The second-order valence-electron chi connectivity index (χ2n) is 6.36. The van der Waals surface area contributed by atoms with Crippen molar-refractivity contribution in [2.75, 3.05) is 7.11 Å². The summed E-state index contributed by atoms with van der Waals surface area (Å²) in [4.78, 5) is 6.18. The highest BCUT2D eigenvalue weighted by Crippen LogP contribution is 2.25. The predicted molar refractivity (Wildman–Crippen MR) is 114 cm³/mol. The Kier molecular flexibility index (Phi) is 6.19. The van der Waals surface area contributed by atoms with Crippen LogP contribution in [0.5, 0.6) is 5.75 Å². The number of aromatic nitrogens is 2. The Labute approximate surface area is 183 Å². The largest absolute Gasteiger partial charge is 0.497 e. The number of aromatic amines is 2. The number of nitrogens with zero attached hydrogens (tertiary/aromatic N) is 5. The Morgan fingerprint density at radius 3 is 1.88 bits per heavy atom. The van der Waals surface area contributed by atoms with Crippen LogP contribution in [0.15, 0.2) is 54.1 Å². The molecular formula is C24H13N7O. The van der Waals surface area contributed by atoms with Gasteiger partial charge in [-0.1, -0.05) is 12.1 Å². The van der Waals surface area contributed by atoms with Crippen molar-refractivity contribution in [1.29, 1.82) is 26.3 Å². The number of H-pyrrole nitrogens is 2. The van der Waals surface area contributed by atoms with E-state index in [1.165, 1.54) is 0 Å². The van der Waals surface area contributed by atoms with Gasteiger partial charge in [-0.3, -0.25) is 0 Å². The second kappa shape index (κ2) is 9.34. The minimum Gasteiger partial charge on any atom is -0.497 e. The van der Waals surface area contributed by atoms with Crippen LogP contribution >= 0.6 is 0 Å². The molecule has 3 rings (SSSR count). The van der Waals surface area contributed by atoms with E-state index in [1.54, 1.807) is 55.6 Å². The van der Waals surface area contributed by atoms with E-state index in [4.69, 9.17) is 25.8 Å². The molecule has 0 amide bonds. The summed E-state index contributed by atoms with van der Waals surface area (Å²) in [6.45, 7) is 0. The Balaban J connectivity index is 2.33. The Hall–Kier alpha value is -5.49. The molecule has 0 unspecified atom stereocenters. The fourth-order valence-corrected chi connectivity index (χ4v) is 3.12. The van der Waals surface area contributed by atoms with Gasteiger partial charge in [-0.2, -0.15) is 26.3 Å². The van der Waals surface area contributed by atoms with E-state index in [9.17, 15) is 5.26 Å². The average molecular weight is 415 g/mol. The molecule has 0 atom stereocenters. The molecule has 0 aliphatic heterocycles. The number of allylic oxidation sites excluding steroid dienone is 2. The smallest absolute Gasteiger partial charge is 0.153 e. The zero-order valence-electron chi connectivity index (χ0n) is 16.8. The average Bonchev–Trinajstić information content (AvgIpc) is 3.50. The van der Waals surface area contributed by atoms with E-state index >= 15 is 0 Å². The summed E-state index contributed by atoms with van der Waals surface area (Å²) in [5, 5.41) is 47.0. The fraction of sp³-hybridized carbons (Fsp3) is 0.0417. The van der Waals surface area contributed by atoms with Gasteiger partial charge in [0, 0.05) is 16.6 Å². The lowest BCUT2D eigenvalue weighted by Gasteiger charge is -2.07. The maximum Gasteiger partial charge on any atom is 0.153 e. The third-order valence-electron chi connectivity index (χ3n) is 4.64. The van der Waals surface area contributed by atoms with Crippen molar-refractivity contribution in [2.24, 2.45) is 0 Å². The number of ether oxygens (including phenoxy) is 1. The van der Waals surface area contributed by atoms with Crippen LogP contribution in [0.4, 0.5) is 0 Å². The highest BCUT2D eigenvalue weighted by molar-refractivity contribution is 5.85. The van der Waals surface area contributed by atoms with Gasteiger partial charge in [-0.05, 0) is 42.0 Å². The van der Waals surface area contributed by atoms with E-state index in [2.05, 4.69) is 9.97 Å². The standard InChI is InChI=1S/C24H13N7O/c1-32-18-4-2-15(3-5-18)24(22-8-6-20(30-22)17(12-27)13-28)23-9-7-21(31-23)19(14-29)16(10-25)11-26/h2-9,30-31H,1H3/b24-22-. The van der Waals surface area contributed by atoms with Crippen LogP contribution in [0.2, 0.25) is 0 Å². The van der Waals surface area contributed by atoms with Crippen molar-refractivity contribution in [2.45, 2.75) is 0 Å². The quantitative estimate of drug-likeness (QED) is 0.621. The van der Waals surface area contributed by atoms with Gasteiger partial charge in [0.1, 0.15) is 47.2 Å². The van der Waals surface area contributed by atoms with Gasteiger partial charge in [0.2, 0.25) is 0 Å². The minimum atomic E-state index is -0.295. The molecule has 0 aliphatic rings. The van der Waals surface area contributed by atoms with Crippen molar-refractivity contribution in [3.05, 3.63) is 81.8 Å². The fourth-order valence-electron chi connectivity index (χ4n) is 3.12. The molecule has 150 valence electrons. The number of nitrogens with one attached hydrogen (secondary N) is 2. The van der Waals surface area contributed by atoms with Crippen LogP contribution in [0.3, 0.4) is 0 Å². The summed E-state index contributed by atoms with van der Waals surface area (Å²) in [6.07, 6.45) is 0. The topological polar surface area (TPSA) is 160 Å². The lowest BCUT2D eigenvalue weighted by molar-refractivity contribution is 0.415. The predicted octanol–water partition coefficient (Wildman–Crippen LogP) is 2.12. The summed E-state index contributed by atoms with van der Waals surface area (Å²) in [7, 11) is 1.56. The number of benzene rings is 1. The zero-order chi connectivity index (χ0) is 23.1. The van der Waals surface area contributed by atoms with Crippen molar-refractivity contribution < 1.29 is 4.74 Å². The van der Waals surface area contributed by atoms with Crippen LogP contribution in [0, 0.1) is 56.7 Å². The molecular weight excluding hydrogens is 402 g/mol. The lowest BCUT2D eigenvalue weighted by atomic mass is 10.0. The number of rotatable bonds is 4. The maximum absolute atomic E-state index is 9.45. The molecule has 8 nitrogen and oxygen atoms in total. The molecule has 8 heteroatoms. The minimum absolute atomic E-state index is 0.0557. The van der Waals surface area contributed by atoms with E-state index < -0.39 is 0 Å². The summed E-state index contributed by atoms with van der Waals surface area (Å²) in [5.41, 5.74) is 1.97. The van der Waals surface area contributed by atoms with Gasteiger partial charge in [-0.15, -0.1) is 0 Å². The van der Waals surface area contributed by atoms with E-state index in [0.717, 1.165) is 5.56 Å². The number of hydrogen-bond donors (Lipinski definition) is 2. The first-order chi connectivity index (χ1) is 15.6. The van der Waals surface area contributed by atoms with Gasteiger partial charge in [0.25, 0.3) is 0 Å². The molecule has 2 aromatic heterocycles. The third kappa shape index (κ3) is 3.96. The molecule has 0 spiro atoms. The second-order valence-corrected chi connectivity index (χ2v) is 6.36. The molecule has 0 saturated heterocycles. The first-order valence-corrected chi connectivity index (χ1v) is 9.12. The molecule has 32 heavy (non-hydrogen) atoms. The molecule has 2 N–H and O–H groups in total. The molecule has 2 heterocycles. The van der Waals surface area contributed by atoms with Gasteiger partial charge in [-0.25, -0.2) is 0 Å². The van der Waals surface area contributed by atoms with Crippen LogP contribution in [-0.4, -0.2) is 17.1 Å². The van der Waals surface area contributed by atoms with Crippen LogP contribution in [0.25, 0.3) is 16.7 Å². The first-order valence-electron chi connectivity index (χ1n) is 9.12. The molecule has 3 aromatic rings. The SMILES string of the molecule is COc1ccc(/C(c2ccc(C(C#N)=C(C#N)C#N)[nH]2)=c2\ccc(=C(C#N)C#N)[nH]2)cc1. The first kappa shape index (κ1) is 21.2. The highest BCUT2D eigenvalue weighted by Gasteiger charge is 2.15. The normalized spacial score (nSPS) is 10.4. The lowest BCUT2D eigenvalue weighted by Crippen LogP contribution is -2.16. The Bertz CT molecular complexity index is 1520. The summed E-state index contributed by atoms with van der Waals surface area (Å²) >= 11 is 0. The van der Waals surface area contributed by atoms with E-state index in [1.807, 2.05) is 30.3 Å². The molecule has 1 aromatic carbocycles. The van der Waals surface area contributed by atoms with Crippen molar-refractivity contribution in [3.8, 4) is 36.1 Å². The number of methoxy groups -OCH3 is 1. The third-order valence-corrected chi connectivity index (χ3v) is 4.64. The van der Waals surface area contributed by atoms with Gasteiger partial charge >= 0.3 is 0 Å². The maximum atomic E-state index is 9.45. The van der Waals surface area contributed by atoms with E-state index in [-0.39, 0.29) is 16.7 Å². The zero-order valence-corrected chi connectivity index (χ0v) is 16.8. The summed E-state index contributed by atoms with van der Waals surface area (Å²) in [6, 6.07) is 23.0. The number of hydrogen-bond acceptors (Lipinski definition) is 6. The summed E-state index contributed by atoms with van der Waals surface area (Å²) in [5.74, 6) is 0.666. The van der Waals surface area contributed by atoms with Crippen LogP contribution < -0.4 is 15.4 Å². The Morgan fingerprint density at radius 2 is 1.31 bits per heavy atom. The van der Waals surface area contributed by atoms with Crippen LogP contribution in [-0.2, 0) is 0 Å². The molecule has 0 radical (unpaired) electrons. The monoisotopic (exact) mass is 415 g/mol. The summed E-state index contributed by atoms with van der Waals surface area (Å²) < 4.78 is 5.22. The highest BCUT2D eigenvalue weighted by atomic mass is 16.5. The number of nitriles is 5. The van der Waals surface area contributed by atoms with Gasteiger partial charge in [0.15, 0.2) is 5.57 Å². The van der Waals surface area contributed by atoms with E-state index in [0.29, 0.717) is 33.4 Å². The molecule has 0 saturated carbocycles. The molecule has 0 aliphatic carbocycles. The van der Waals surface area contributed by atoms with Crippen molar-refractivity contribution in [3.63, 3.8) is 0 Å². The van der Waals surface area contributed by atoms with Crippen molar-refractivity contribution in [1.82, 2.24) is 9.97 Å².